The molecule has 0 heterocycles. The van der Waals surface area contributed by atoms with Crippen LogP contribution in [-0.2, 0) is 0 Å². The van der Waals surface area contributed by atoms with Crippen LogP contribution in [0.25, 0.3) is 0 Å². The van der Waals surface area contributed by atoms with Crippen molar-refractivity contribution >= 4 is 12.1 Å². The third-order valence-corrected chi connectivity index (χ3v) is 2.49. The van der Waals surface area contributed by atoms with Crippen molar-refractivity contribution in [1.82, 2.24) is 5.43 Å². The molecule has 2 aromatic rings. The number of benzene rings is 2. The predicted octanol–water partition coefficient (Wildman–Crippen LogP) is 2.76. The summed E-state index contributed by atoms with van der Waals surface area (Å²) in [5, 5.41) is 3.92. The molecule has 0 spiro atoms. The molecule has 0 atom stereocenters. The molecule has 0 aliphatic carbocycles. The summed E-state index contributed by atoms with van der Waals surface area (Å²) in [6, 6.07) is 17.0. The lowest BCUT2D eigenvalue weighted by Crippen LogP contribution is -2.17. The van der Waals surface area contributed by atoms with Crippen molar-refractivity contribution in [1.29, 1.82) is 0 Å². The number of hydrogen-bond donors (Lipinski definition) is 1. The monoisotopic (exact) mass is 238 g/mol. The Morgan fingerprint density at radius 1 is 1.06 bits per heavy atom. The van der Waals surface area contributed by atoms with Gasteiger partial charge >= 0.3 is 0 Å². The first kappa shape index (κ1) is 12.0. The van der Waals surface area contributed by atoms with Gasteiger partial charge in [0.2, 0.25) is 0 Å². The number of carbonyl (C=O) groups is 1. The zero-order chi connectivity index (χ0) is 12.8. The first-order chi connectivity index (χ1) is 8.75. The molecule has 90 valence electrons. The second-order valence-electron chi connectivity index (χ2n) is 3.98. The molecule has 0 bridgehead atoms. The molecule has 0 fully saturated rings. The van der Waals surface area contributed by atoms with Gasteiger partial charge < -0.3 is 0 Å². The molecule has 0 aromatic heterocycles. The average molecular weight is 238 g/mol. The smallest absolute Gasteiger partial charge is 0.267 e. The predicted molar refractivity (Wildman–Crippen MR) is 72.7 cm³/mol. The highest BCUT2D eigenvalue weighted by Crippen LogP contribution is 2.02. The van der Waals surface area contributed by atoms with Crippen molar-refractivity contribution in [3.05, 3.63) is 71.3 Å². The van der Waals surface area contributed by atoms with Crippen LogP contribution in [0.3, 0.4) is 0 Å². The van der Waals surface area contributed by atoms with Gasteiger partial charge in [0.05, 0.1) is 6.21 Å². The summed E-state index contributed by atoms with van der Waals surface area (Å²) in [4.78, 5) is 11.7. The van der Waals surface area contributed by atoms with E-state index in [-0.39, 0.29) is 5.91 Å². The Morgan fingerprint density at radius 3 is 2.39 bits per heavy atom. The van der Waals surface area contributed by atoms with E-state index >= 15 is 0 Å². The highest BCUT2D eigenvalue weighted by molar-refractivity contribution is 5.94. The first-order valence-corrected chi connectivity index (χ1v) is 5.71. The molecule has 0 unspecified atom stereocenters. The molecule has 1 N–H and O–H groups in total. The molecular weight excluding hydrogens is 224 g/mol. The largest absolute Gasteiger partial charge is 0.271 e. The van der Waals surface area contributed by atoms with Crippen molar-refractivity contribution in [3.63, 3.8) is 0 Å². The SMILES string of the molecule is Cc1ccc(C(=O)NN=Cc2ccccc2)cc1. The topological polar surface area (TPSA) is 41.5 Å². The van der Waals surface area contributed by atoms with Gasteiger partial charge in [0, 0.05) is 5.56 Å². The van der Waals surface area contributed by atoms with Crippen LogP contribution in [0.4, 0.5) is 0 Å². The molecule has 2 aromatic carbocycles. The Hall–Kier alpha value is -2.42. The minimum atomic E-state index is -0.206. The fourth-order valence-corrected chi connectivity index (χ4v) is 1.47. The Bertz CT molecular complexity index is 544. The molecule has 18 heavy (non-hydrogen) atoms. The normalized spacial score (nSPS) is 10.5. The average Bonchev–Trinajstić information content (AvgIpc) is 2.40. The molecule has 0 saturated carbocycles. The van der Waals surface area contributed by atoms with E-state index in [2.05, 4.69) is 10.5 Å². The van der Waals surface area contributed by atoms with E-state index in [1.165, 1.54) is 0 Å². The highest BCUT2D eigenvalue weighted by Gasteiger charge is 2.02. The van der Waals surface area contributed by atoms with E-state index in [1.54, 1.807) is 18.3 Å². The Kier molecular flexibility index (Phi) is 3.86. The molecular formula is C15H14N2O. The molecule has 1 amide bonds. The Labute approximate surface area is 106 Å². The number of amides is 1. The summed E-state index contributed by atoms with van der Waals surface area (Å²) in [7, 11) is 0. The maximum Gasteiger partial charge on any atom is 0.271 e. The summed E-state index contributed by atoms with van der Waals surface area (Å²) in [5.74, 6) is -0.206. The van der Waals surface area contributed by atoms with Crippen LogP contribution in [0, 0.1) is 6.92 Å². The van der Waals surface area contributed by atoms with Crippen molar-refractivity contribution < 1.29 is 4.79 Å². The number of nitrogens with one attached hydrogen (secondary N) is 1. The third-order valence-electron chi connectivity index (χ3n) is 2.49. The first-order valence-electron chi connectivity index (χ1n) is 5.71. The molecule has 0 saturated heterocycles. The lowest BCUT2D eigenvalue weighted by molar-refractivity contribution is 0.0955. The lowest BCUT2D eigenvalue weighted by atomic mass is 10.1. The van der Waals surface area contributed by atoms with Gasteiger partial charge in [0.15, 0.2) is 0 Å². The summed E-state index contributed by atoms with van der Waals surface area (Å²) >= 11 is 0. The van der Waals surface area contributed by atoms with Crippen molar-refractivity contribution in [2.75, 3.05) is 0 Å². The Morgan fingerprint density at radius 2 is 1.72 bits per heavy atom. The lowest BCUT2D eigenvalue weighted by Gasteiger charge is -2.00. The number of hydrazone groups is 1. The van der Waals surface area contributed by atoms with E-state index in [9.17, 15) is 4.79 Å². The molecule has 3 heteroatoms. The molecule has 3 nitrogen and oxygen atoms in total. The molecule has 0 aliphatic rings. The van der Waals surface area contributed by atoms with Gasteiger partial charge in [-0.3, -0.25) is 4.79 Å². The van der Waals surface area contributed by atoms with E-state index in [0.29, 0.717) is 5.56 Å². The van der Waals surface area contributed by atoms with Gasteiger partial charge in [-0.2, -0.15) is 5.10 Å². The number of carbonyl (C=O) groups excluding carboxylic acids is 1. The number of aryl methyl sites for hydroxylation is 1. The number of hydrogen-bond acceptors (Lipinski definition) is 2. The van der Waals surface area contributed by atoms with Crippen molar-refractivity contribution in [2.24, 2.45) is 5.10 Å². The number of nitrogens with zero attached hydrogens (tertiary/aromatic N) is 1. The molecule has 0 radical (unpaired) electrons. The quantitative estimate of drug-likeness (QED) is 0.648. The summed E-state index contributed by atoms with van der Waals surface area (Å²) in [5.41, 5.74) is 5.17. The van der Waals surface area contributed by atoms with Crippen LogP contribution >= 0.6 is 0 Å². The van der Waals surface area contributed by atoms with E-state index in [4.69, 9.17) is 0 Å². The van der Waals surface area contributed by atoms with Crippen LogP contribution in [0.5, 0.6) is 0 Å². The van der Waals surface area contributed by atoms with Crippen LogP contribution in [0.2, 0.25) is 0 Å². The van der Waals surface area contributed by atoms with Gasteiger partial charge in [0.25, 0.3) is 5.91 Å². The van der Waals surface area contributed by atoms with Gasteiger partial charge in [-0.1, -0.05) is 48.0 Å². The van der Waals surface area contributed by atoms with Crippen molar-refractivity contribution in [2.45, 2.75) is 6.92 Å². The maximum absolute atomic E-state index is 11.7. The van der Waals surface area contributed by atoms with Gasteiger partial charge in [-0.05, 0) is 24.6 Å². The number of rotatable bonds is 3. The second kappa shape index (κ2) is 5.77. The zero-order valence-electron chi connectivity index (χ0n) is 10.1. The Balaban J connectivity index is 1.96. The second-order valence-corrected chi connectivity index (χ2v) is 3.98. The van der Waals surface area contributed by atoms with E-state index < -0.39 is 0 Å². The van der Waals surface area contributed by atoms with Crippen molar-refractivity contribution in [3.8, 4) is 0 Å². The molecule has 0 aliphatic heterocycles. The minimum Gasteiger partial charge on any atom is -0.267 e. The highest BCUT2D eigenvalue weighted by atomic mass is 16.2. The fraction of sp³-hybridized carbons (Fsp3) is 0.0667. The summed E-state index contributed by atoms with van der Waals surface area (Å²) < 4.78 is 0. The van der Waals surface area contributed by atoms with E-state index in [0.717, 1.165) is 11.1 Å². The maximum atomic E-state index is 11.7. The van der Waals surface area contributed by atoms with Crippen LogP contribution in [0.15, 0.2) is 59.7 Å². The standard InChI is InChI=1S/C15H14N2O/c1-12-7-9-14(10-8-12)15(18)17-16-11-13-5-3-2-4-6-13/h2-11H,1H3,(H,17,18). The van der Waals surface area contributed by atoms with Gasteiger partial charge in [0.1, 0.15) is 0 Å². The minimum absolute atomic E-state index is 0.206. The van der Waals surface area contributed by atoms with E-state index in [1.807, 2.05) is 49.4 Å². The summed E-state index contributed by atoms with van der Waals surface area (Å²) in [6.07, 6.45) is 1.62. The third kappa shape index (κ3) is 3.28. The van der Waals surface area contributed by atoms with Gasteiger partial charge in [-0.15, -0.1) is 0 Å². The summed E-state index contributed by atoms with van der Waals surface area (Å²) in [6.45, 7) is 1.98. The molecule has 2 rings (SSSR count). The zero-order valence-corrected chi connectivity index (χ0v) is 10.1. The fourth-order valence-electron chi connectivity index (χ4n) is 1.47. The van der Waals surface area contributed by atoms with Gasteiger partial charge in [-0.25, -0.2) is 5.43 Å². The van der Waals surface area contributed by atoms with Crippen LogP contribution in [-0.4, -0.2) is 12.1 Å². The van der Waals surface area contributed by atoms with Crippen LogP contribution in [0.1, 0.15) is 21.5 Å². The van der Waals surface area contributed by atoms with Crippen LogP contribution < -0.4 is 5.43 Å².